The largest absolute Gasteiger partial charge is 0.508 e. The molecule has 2 atom stereocenters. The Morgan fingerprint density at radius 1 is 1.32 bits per heavy atom. The van der Waals surface area contributed by atoms with E-state index < -0.39 is 0 Å². The average Bonchev–Trinajstić information content (AvgIpc) is 2.91. The van der Waals surface area contributed by atoms with Crippen molar-refractivity contribution < 1.29 is 9.84 Å². The zero-order chi connectivity index (χ0) is 13.6. The third-order valence-corrected chi connectivity index (χ3v) is 4.64. The Labute approximate surface area is 115 Å². The minimum Gasteiger partial charge on any atom is -0.508 e. The van der Waals surface area contributed by atoms with E-state index in [1.807, 2.05) is 6.07 Å². The maximum absolute atomic E-state index is 9.50. The summed E-state index contributed by atoms with van der Waals surface area (Å²) in [6, 6.07) is 5.86. The predicted molar refractivity (Wildman–Crippen MR) is 75.5 cm³/mol. The van der Waals surface area contributed by atoms with Gasteiger partial charge in [-0.15, -0.1) is 0 Å². The smallest absolute Gasteiger partial charge is 0.127 e. The molecular formula is C16H23NO2. The number of benzene rings is 1. The van der Waals surface area contributed by atoms with Gasteiger partial charge in [-0.05, 0) is 36.4 Å². The summed E-state index contributed by atoms with van der Waals surface area (Å²) < 4.78 is 5.72. The summed E-state index contributed by atoms with van der Waals surface area (Å²) in [5, 5.41) is 9.50. The molecule has 0 amide bonds. The van der Waals surface area contributed by atoms with E-state index in [1.54, 1.807) is 12.1 Å². The first-order valence-electron chi connectivity index (χ1n) is 7.15. The van der Waals surface area contributed by atoms with E-state index in [0.717, 1.165) is 31.4 Å². The van der Waals surface area contributed by atoms with Crippen LogP contribution >= 0.6 is 0 Å². The number of phenols is 1. The van der Waals surface area contributed by atoms with Crippen LogP contribution in [-0.4, -0.2) is 29.7 Å². The van der Waals surface area contributed by atoms with Crippen LogP contribution in [0.25, 0.3) is 0 Å². The number of nitrogens with zero attached hydrogens (tertiary/aromatic N) is 1. The molecule has 3 rings (SSSR count). The molecule has 0 bridgehead atoms. The lowest BCUT2D eigenvalue weighted by Crippen LogP contribution is -2.30. The van der Waals surface area contributed by atoms with Gasteiger partial charge in [0, 0.05) is 18.2 Å². The van der Waals surface area contributed by atoms with Crippen LogP contribution in [0.4, 0.5) is 0 Å². The van der Waals surface area contributed by atoms with Gasteiger partial charge in [0.15, 0.2) is 0 Å². The third kappa shape index (κ3) is 2.32. The van der Waals surface area contributed by atoms with Crippen molar-refractivity contribution in [3.8, 4) is 11.5 Å². The number of fused-ring (bicyclic) bond motifs is 1. The van der Waals surface area contributed by atoms with Crippen LogP contribution in [0.15, 0.2) is 18.2 Å². The van der Waals surface area contributed by atoms with E-state index in [-0.39, 0.29) is 5.75 Å². The van der Waals surface area contributed by atoms with Gasteiger partial charge in [0.25, 0.3) is 0 Å². The molecule has 0 saturated carbocycles. The van der Waals surface area contributed by atoms with Crippen molar-refractivity contribution in [2.45, 2.75) is 33.2 Å². The van der Waals surface area contributed by atoms with Crippen LogP contribution < -0.4 is 4.74 Å². The molecule has 1 aromatic rings. The molecule has 0 aromatic heterocycles. The lowest BCUT2D eigenvalue weighted by Gasteiger charge is -2.28. The number of ether oxygens (including phenoxy) is 1. The van der Waals surface area contributed by atoms with E-state index in [0.29, 0.717) is 11.5 Å². The van der Waals surface area contributed by atoms with Crippen molar-refractivity contribution in [3.05, 3.63) is 23.8 Å². The summed E-state index contributed by atoms with van der Waals surface area (Å²) in [6.45, 7) is 10.0. The molecule has 0 spiro atoms. The molecule has 19 heavy (non-hydrogen) atoms. The van der Waals surface area contributed by atoms with E-state index >= 15 is 0 Å². The van der Waals surface area contributed by atoms with Gasteiger partial charge in [0.1, 0.15) is 18.1 Å². The quantitative estimate of drug-likeness (QED) is 0.842. The molecule has 1 saturated heterocycles. The summed E-state index contributed by atoms with van der Waals surface area (Å²) in [6.07, 6.45) is 1.27. The predicted octanol–water partition coefficient (Wildman–Crippen LogP) is 3.19. The fourth-order valence-electron chi connectivity index (χ4n) is 3.26. The lowest BCUT2D eigenvalue weighted by molar-refractivity contribution is 0.169. The number of hydrogen-bond donors (Lipinski definition) is 1. The summed E-state index contributed by atoms with van der Waals surface area (Å²) in [5.41, 5.74) is 1.61. The number of phenolic OH excluding ortho intramolecular Hbond substituents is 1. The first kappa shape index (κ1) is 12.8. The van der Waals surface area contributed by atoms with Crippen LogP contribution in [0.2, 0.25) is 0 Å². The Morgan fingerprint density at radius 2 is 2.11 bits per heavy atom. The van der Waals surface area contributed by atoms with E-state index in [1.165, 1.54) is 12.0 Å². The number of aromatic hydroxyl groups is 1. The van der Waals surface area contributed by atoms with Gasteiger partial charge >= 0.3 is 0 Å². The monoisotopic (exact) mass is 261 g/mol. The van der Waals surface area contributed by atoms with Gasteiger partial charge in [-0.1, -0.05) is 20.8 Å². The zero-order valence-corrected chi connectivity index (χ0v) is 12.0. The Bertz CT molecular complexity index is 478. The summed E-state index contributed by atoms with van der Waals surface area (Å²) in [5.74, 6) is 1.89. The van der Waals surface area contributed by atoms with E-state index in [4.69, 9.17) is 4.74 Å². The van der Waals surface area contributed by atoms with Crippen LogP contribution in [0.1, 0.15) is 38.8 Å². The molecule has 2 heterocycles. The highest BCUT2D eigenvalue weighted by Gasteiger charge is 2.38. The van der Waals surface area contributed by atoms with Gasteiger partial charge in [-0.25, -0.2) is 0 Å². The summed E-state index contributed by atoms with van der Waals surface area (Å²) in [4.78, 5) is 2.54. The van der Waals surface area contributed by atoms with Gasteiger partial charge in [-0.3, -0.25) is 4.90 Å². The van der Waals surface area contributed by atoms with Crippen molar-refractivity contribution >= 4 is 0 Å². The molecule has 2 unspecified atom stereocenters. The van der Waals surface area contributed by atoms with Gasteiger partial charge < -0.3 is 9.84 Å². The highest BCUT2D eigenvalue weighted by atomic mass is 16.5. The normalized spacial score (nSPS) is 27.3. The van der Waals surface area contributed by atoms with Gasteiger partial charge in [0.05, 0.1) is 6.04 Å². The molecule has 1 fully saturated rings. The number of rotatable bonds is 1. The van der Waals surface area contributed by atoms with Gasteiger partial charge in [0.2, 0.25) is 0 Å². The zero-order valence-electron chi connectivity index (χ0n) is 12.0. The molecule has 3 heteroatoms. The fraction of sp³-hybridized carbons (Fsp3) is 0.625. The van der Waals surface area contributed by atoms with Crippen LogP contribution in [0.3, 0.4) is 0 Å². The van der Waals surface area contributed by atoms with Crippen LogP contribution in [0, 0.1) is 11.3 Å². The molecule has 3 nitrogen and oxygen atoms in total. The first-order chi connectivity index (χ1) is 8.95. The maximum Gasteiger partial charge on any atom is 0.127 e. The Balaban J connectivity index is 1.77. The molecule has 2 aliphatic rings. The molecule has 104 valence electrons. The lowest BCUT2D eigenvalue weighted by atomic mass is 9.80. The topological polar surface area (TPSA) is 32.7 Å². The standard InChI is InChI=1S/C16H23NO2/c1-16(2,3)11-6-7-17(9-11)14-10-19-15-8-12(18)4-5-13(14)15/h4-5,8,11,14,18H,6-7,9-10H2,1-3H3. The molecular weight excluding hydrogens is 238 g/mol. The second-order valence-electron chi connectivity index (χ2n) is 6.90. The summed E-state index contributed by atoms with van der Waals surface area (Å²) >= 11 is 0. The second kappa shape index (κ2) is 4.41. The molecule has 0 aliphatic carbocycles. The minimum absolute atomic E-state index is 0.286. The second-order valence-corrected chi connectivity index (χ2v) is 6.90. The first-order valence-corrected chi connectivity index (χ1v) is 7.15. The minimum atomic E-state index is 0.286. The maximum atomic E-state index is 9.50. The Morgan fingerprint density at radius 3 is 2.79 bits per heavy atom. The van der Waals surface area contributed by atoms with Crippen molar-refractivity contribution in [3.63, 3.8) is 0 Å². The SMILES string of the molecule is CC(C)(C)C1CCN(C2COc3cc(O)ccc32)C1. The van der Waals surface area contributed by atoms with E-state index in [9.17, 15) is 5.11 Å². The Hall–Kier alpha value is -1.22. The Kier molecular flexibility index (Phi) is 2.97. The van der Waals surface area contributed by atoms with Gasteiger partial charge in [-0.2, -0.15) is 0 Å². The molecule has 0 radical (unpaired) electrons. The number of hydrogen-bond acceptors (Lipinski definition) is 3. The fourth-order valence-corrected chi connectivity index (χ4v) is 3.26. The molecule has 1 aromatic carbocycles. The van der Waals surface area contributed by atoms with Crippen molar-refractivity contribution in [1.82, 2.24) is 4.90 Å². The van der Waals surface area contributed by atoms with Crippen molar-refractivity contribution in [2.24, 2.45) is 11.3 Å². The van der Waals surface area contributed by atoms with Crippen LogP contribution in [0.5, 0.6) is 11.5 Å². The van der Waals surface area contributed by atoms with E-state index in [2.05, 4.69) is 25.7 Å². The highest BCUT2D eigenvalue weighted by Crippen LogP contribution is 2.42. The summed E-state index contributed by atoms with van der Waals surface area (Å²) in [7, 11) is 0. The van der Waals surface area contributed by atoms with Crippen LogP contribution in [-0.2, 0) is 0 Å². The molecule has 2 aliphatic heterocycles. The average molecular weight is 261 g/mol. The van der Waals surface area contributed by atoms with Crippen molar-refractivity contribution in [1.29, 1.82) is 0 Å². The number of likely N-dealkylation sites (tertiary alicyclic amines) is 1. The van der Waals surface area contributed by atoms with Crippen molar-refractivity contribution in [2.75, 3.05) is 19.7 Å². The third-order valence-electron chi connectivity index (χ3n) is 4.64. The molecule has 1 N–H and O–H groups in total. The highest BCUT2D eigenvalue weighted by molar-refractivity contribution is 5.44.